The Hall–Kier alpha value is -0.860. The van der Waals surface area contributed by atoms with Crippen molar-refractivity contribution in [2.24, 2.45) is 5.92 Å². The maximum absolute atomic E-state index is 5.91. The van der Waals surface area contributed by atoms with Gasteiger partial charge in [-0.15, -0.1) is 0 Å². The van der Waals surface area contributed by atoms with Crippen molar-refractivity contribution >= 4 is 0 Å². The molecule has 0 fully saturated rings. The summed E-state index contributed by atoms with van der Waals surface area (Å²) >= 11 is 0. The smallest absolute Gasteiger partial charge is 0.0661 e. The Morgan fingerprint density at radius 2 is 1.90 bits per heavy atom. The van der Waals surface area contributed by atoms with Crippen molar-refractivity contribution < 1.29 is 4.74 Å². The number of ether oxygens (including phenoxy) is 1. The molecule has 1 aromatic rings. The van der Waals surface area contributed by atoms with Crippen molar-refractivity contribution in [3.8, 4) is 0 Å². The second-order valence-electron chi connectivity index (χ2n) is 6.46. The molecule has 0 saturated carbocycles. The van der Waals surface area contributed by atoms with Crippen LogP contribution in [-0.2, 0) is 4.74 Å². The van der Waals surface area contributed by atoms with E-state index in [1.165, 1.54) is 23.1 Å². The van der Waals surface area contributed by atoms with Crippen molar-refractivity contribution in [1.29, 1.82) is 0 Å². The van der Waals surface area contributed by atoms with Crippen molar-refractivity contribution in [2.75, 3.05) is 19.8 Å². The largest absolute Gasteiger partial charge is 0.379 e. The van der Waals surface area contributed by atoms with Crippen LogP contribution in [-0.4, -0.2) is 19.8 Å². The van der Waals surface area contributed by atoms with E-state index in [0.29, 0.717) is 6.04 Å². The molecule has 0 heterocycles. The Balaban J connectivity index is 2.52. The first kappa shape index (κ1) is 18.2. The zero-order valence-electron chi connectivity index (χ0n) is 14.5. The summed E-state index contributed by atoms with van der Waals surface area (Å²) < 4.78 is 5.91. The van der Waals surface area contributed by atoms with E-state index in [0.717, 1.165) is 38.5 Å². The fraction of sp³-hybridized carbons (Fsp3) is 0.684. The summed E-state index contributed by atoms with van der Waals surface area (Å²) in [5.41, 5.74) is 4.05. The molecule has 1 atom stereocenters. The standard InChI is InChI=1S/C19H33NO/c1-6-11-20-19(14-21-12-7-8-15(2)3)18-10-9-16(4)17(5)13-18/h9-10,13,15,19-20H,6-8,11-12,14H2,1-5H3. The van der Waals surface area contributed by atoms with Crippen molar-refractivity contribution in [3.63, 3.8) is 0 Å². The number of hydrogen-bond acceptors (Lipinski definition) is 2. The first-order chi connectivity index (χ1) is 10.0. The summed E-state index contributed by atoms with van der Waals surface area (Å²) in [6, 6.07) is 7.04. The lowest BCUT2D eigenvalue weighted by Crippen LogP contribution is -2.26. The third-order valence-electron chi connectivity index (χ3n) is 3.93. The van der Waals surface area contributed by atoms with E-state index in [-0.39, 0.29) is 0 Å². The Morgan fingerprint density at radius 3 is 2.52 bits per heavy atom. The molecular weight excluding hydrogens is 258 g/mol. The van der Waals surface area contributed by atoms with Crippen LogP contribution in [0.4, 0.5) is 0 Å². The lowest BCUT2D eigenvalue weighted by molar-refractivity contribution is 0.106. The van der Waals surface area contributed by atoms with Gasteiger partial charge in [-0.3, -0.25) is 0 Å². The van der Waals surface area contributed by atoms with E-state index in [1.807, 2.05) is 0 Å². The molecule has 1 aromatic carbocycles. The third-order valence-corrected chi connectivity index (χ3v) is 3.93. The summed E-state index contributed by atoms with van der Waals surface area (Å²) in [6.45, 7) is 13.7. The predicted molar refractivity (Wildman–Crippen MR) is 91.8 cm³/mol. The molecule has 0 amide bonds. The highest BCUT2D eigenvalue weighted by Crippen LogP contribution is 2.18. The maximum atomic E-state index is 5.91. The highest BCUT2D eigenvalue weighted by Gasteiger charge is 2.11. The van der Waals surface area contributed by atoms with Gasteiger partial charge in [0.2, 0.25) is 0 Å². The number of aryl methyl sites for hydroxylation is 2. The van der Waals surface area contributed by atoms with Crippen LogP contribution in [0.15, 0.2) is 18.2 Å². The molecule has 1 N–H and O–H groups in total. The van der Waals surface area contributed by atoms with Crippen LogP contribution in [0.5, 0.6) is 0 Å². The van der Waals surface area contributed by atoms with Gasteiger partial charge in [0.15, 0.2) is 0 Å². The molecule has 0 aromatic heterocycles. The minimum atomic E-state index is 0.309. The molecule has 0 aliphatic heterocycles. The number of rotatable bonds is 10. The van der Waals surface area contributed by atoms with Gasteiger partial charge in [-0.2, -0.15) is 0 Å². The summed E-state index contributed by atoms with van der Waals surface area (Å²) in [7, 11) is 0. The molecule has 1 unspecified atom stereocenters. The van der Waals surface area contributed by atoms with Crippen LogP contribution in [0.25, 0.3) is 0 Å². The van der Waals surface area contributed by atoms with Crippen LogP contribution in [0.2, 0.25) is 0 Å². The van der Waals surface area contributed by atoms with Gasteiger partial charge in [-0.05, 0) is 62.3 Å². The van der Waals surface area contributed by atoms with Gasteiger partial charge in [-0.1, -0.05) is 39.0 Å². The van der Waals surface area contributed by atoms with Gasteiger partial charge in [-0.25, -0.2) is 0 Å². The van der Waals surface area contributed by atoms with Crippen LogP contribution in [0.1, 0.15) is 62.8 Å². The molecule has 1 rings (SSSR count). The van der Waals surface area contributed by atoms with E-state index >= 15 is 0 Å². The molecule has 0 bridgehead atoms. The fourth-order valence-electron chi connectivity index (χ4n) is 2.37. The Bertz CT molecular complexity index is 401. The fourth-order valence-corrected chi connectivity index (χ4v) is 2.37. The third kappa shape index (κ3) is 7.10. The zero-order valence-corrected chi connectivity index (χ0v) is 14.5. The lowest BCUT2D eigenvalue weighted by Gasteiger charge is -2.20. The van der Waals surface area contributed by atoms with E-state index in [2.05, 4.69) is 58.1 Å². The molecule has 0 aliphatic carbocycles. The highest BCUT2D eigenvalue weighted by molar-refractivity contribution is 5.31. The predicted octanol–water partition coefficient (Wildman–Crippen LogP) is 4.80. The number of nitrogens with one attached hydrogen (secondary N) is 1. The molecule has 0 saturated heterocycles. The van der Waals surface area contributed by atoms with E-state index in [9.17, 15) is 0 Å². The summed E-state index contributed by atoms with van der Waals surface area (Å²) in [5, 5.41) is 3.61. The van der Waals surface area contributed by atoms with Crippen LogP contribution >= 0.6 is 0 Å². The molecule has 2 nitrogen and oxygen atoms in total. The molecule has 0 spiro atoms. The zero-order chi connectivity index (χ0) is 15.7. The summed E-state index contributed by atoms with van der Waals surface area (Å²) in [4.78, 5) is 0. The minimum absolute atomic E-state index is 0.309. The van der Waals surface area contributed by atoms with Crippen molar-refractivity contribution in [1.82, 2.24) is 5.32 Å². The van der Waals surface area contributed by atoms with E-state index in [4.69, 9.17) is 4.74 Å². The van der Waals surface area contributed by atoms with Gasteiger partial charge in [0, 0.05) is 6.61 Å². The molecule has 2 heteroatoms. The normalized spacial score (nSPS) is 12.9. The summed E-state index contributed by atoms with van der Waals surface area (Å²) in [5.74, 6) is 0.766. The Labute approximate surface area is 131 Å². The van der Waals surface area contributed by atoms with Gasteiger partial charge >= 0.3 is 0 Å². The highest BCUT2D eigenvalue weighted by atomic mass is 16.5. The first-order valence-corrected chi connectivity index (χ1v) is 8.42. The van der Waals surface area contributed by atoms with Crippen LogP contribution in [0, 0.1) is 19.8 Å². The van der Waals surface area contributed by atoms with E-state index in [1.54, 1.807) is 0 Å². The Kier molecular flexibility index (Phi) is 8.63. The quantitative estimate of drug-likeness (QED) is 0.625. The molecule has 0 radical (unpaired) electrons. The van der Waals surface area contributed by atoms with Gasteiger partial charge in [0.05, 0.1) is 12.6 Å². The SMILES string of the molecule is CCCNC(COCCCC(C)C)c1ccc(C)c(C)c1. The first-order valence-electron chi connectivity index (χ1n) is 8.42. The van der Waals surface area contributed by atoms with Gasteiger partial charge in [0.25, 0.3) is 0 Å². The summed E-state index contributed by atoms with van der Waals surface area (Å²) in [6.07, 6.45) is 3.55. The topological polar surface area (TPSA) is 21.3 Å². The average molecular weight is 291 g/mol. The van der Waals surface area contributed by atoms with Crippen molar-refractivity contribution in [3.05, 3.63) is 34.9 Å². The second-order valence-corrected chi connectivity index (χ2v) is 6.46. The van der Waals surface area contributed by atoms with Crippen LogP contribution < -0.4 is 5.32 Å². The maximum Gasteiger partial charge on any atom is 0.0661 e. The second kappa shape index (κ2) is 9.97. The average Bonchev–Trinajstić information content (AvgIpc) is 2.44. The lowest BCUT2D eigenvalue weighted by atomic mass is 10.0. The van der Waals surface area contributed by atoms with Gasteiger partial charge < -0.3 is 10.1 Å². The van der Waals surface area contributed by atoms with Crippen LogP contribution in [0.3, 0.4) is 0 Å². The molecule has 0 aliphatic rings. The molecule has 21 heavy (non-hydrogen) atoms. The van der Waals surface area contributed by atoms with Crippen molar-refractivity contribution in [2.45, 2.75) is 59.9 Å². The molecule has 120 valence electrons. The Morgan fingerprint density at radius 1 is 1.14 bits per heavy atom. The number of benzene rings is 1. The van der Waals surface area contributed by atoms with Gasteiger partial charge in [0.1, 0.15) is 0 Å². The molecular formula is C19H33NO. The monoisotopic (exact) mass is 291 g/mol. The number of hydrogen-bond donors (Lipinski definition) is 1. The van der Waals surface area contributed by atoms with E-state index < -0.39 is 0 Å². The minimum Gasteiger partial charge on any atom is -0.379 e.